The van der Waals surface area contributed by atoms with Gasteiger partial charge in [0.05, 0.1) is 5.56 Å². The molecule has 4 aromatic rings. The summed E-state index contributed by atoms with van der Waals surface area (Å²) in [5, 5.41) is 17.7. The number of nitrogens with zero attached hydrogens (tertiary/aromatic N) is 3. The Kier molecular flexibility index (Phi) is 3.77. The second-order valence-corrected chi connectivity index (χ2v) is 6.27. The highest BCUT2D eigenvalue weighted by Gasteiger charge is 2.18. The van der Waals surface area contributed by atoms with Crippen LogP contribution in [0.25, 0.3) is 33.3 Å². The molecular formula is C21H17N3O2. The number of carboxylic acids is 1. The van der Waals surface area contributed by atoms with Gasteiger partial charge in [-0.05, 0) is 46.9 Å². The van der Waals surface area contributed by atoms with Crippen molar-refractivity contribution in [1.29, 1.82) is 0 Å². The first-order chi connectivity index (χ1) is 12.6. The van der Waals surface area contributed by atoms with Gasteiger partial charge in [-0.2, -0.15) is 0 Å². The Bertz CT molecular complexity index is 1150. The fourth-order valence-corrected chi connectivity index (χ4v) is 3.36. The quantitative estimate of drug-likeness (QED) is 0.602. The van der Waals surface area contributed by atoms with Crippen molar-refractivity contribution in [3.8, 4) is 22.3 Å². The van der Waals surface area contributed by atoms with E-state index in [1.165, 1.54) is 10.2 Å². The number of hydrogen-bond acceptors (Lipinski definition) is 3. The molecule has 0 spiro atoms. The minimum atomic E-state index is -0.990. The summed E-state index contributed by atoms with van der Waals surface area (Å²) in [5.41, 5.74) is 6.43. The van der Waals surface area contributed by atoms with E-state index >= 15 is 0 Å². The molecule has 0 bridgehead atoms. The maximum Gasteiger partial charge on any atom is 0.337 e. The Labute approximate surface area is 150 Å². The molecule has 0 radical (unpaired) electrons. The van der Waals surface area contributed by atoms with Crippen LogP contribution in [0.3, 0.4) is 0 Å². The molecule has 0 aliphatic rings. The van der Waals surface area contributed by atoms with Crippen molar-refractivity contribution in [1.82, 2.24) is 15.0 Å². The molecular weight excluding hydrogens is 326 g/mol. The Morgan fingerprint density at radius 2 is 1.62 bits per heavy atom. The highest BCUT2D eigenvalue weighted by atomic mass is 16.4. The summed E-state index contributed by atoms with van der Waals surface area (Å²) < 4.78 is 1.50. The topological polar surface area (TPSA) is 68.0 Å². The third-order valence-electron chi connectivity index (χ3n) is 4.60. The highest BCUT2D eigenvalue weighted by molar-refractivity contribution is 6.03. The Morgan fingerprint density at radius 3 is 2.31 bits per heavy atom. The van der Waals surface area contributed by atoms with Crippen LogP contribution in [-0.4, -0.2) is 26.1 Å². The Morgan fingerprint density at radius 1 is 0.962 bits per heavy atom. The Hall–Kier alpha value is -3.47. The van der Waals surface area contributed by atoms with Gasteiger partial charge in [0.1, 0.15) is 11.0 Å². The normalized spacial score (nSPS) is 11.0. The molecule has 1 N–H and O–H groups in total. The molecule has 4 rings (SSSR count). The van der Waals surface area contributed by atoms with Crippen molar-refractivity contribution >= 4 is 17.0 Å². The van der Waals surface area contributed by atoms with Crippen LogP contribution < -0.4 is 0 Å². The van der Waals surface area contributed by atoms with Crippen LogP contribution in [-0.2, 0) is 7.05 Å². The number of rotatable bonds is 3. The lowest BCUT2D eigenvalue weighted by Crippen LogP contribution is -2.02. The van der Waals surface area contributed by atoms with Gasteiger partial charge in [0, 0.05) is 7.05 Å². The summed E-state index contributed by atoms with van der Waals surface area (Å²) in [7, 11) is 1.70. The van der Waals surface area contributed by atoms with E-state index in [2.05, 4.69) is 35.4 Å². The minimum Gasteiger partial charge on any atom is -0.478 e. The molecule has 0 fully saturated rings. The van der Waals surface area contributed by atoms with E-state index in [4.69, 9.17) is 0 Å². The number of carbonyl (C=O) groups is 1. The summed E-state index contributed by atoms with van der Waals surface area (Å²) in [4.78, 5) is 11.8. The van der Waals surface area contributed by atoms with E-state index in [1.54, 1.807) is 13.1 Å². The Balaban J connectivity index is 2.01. The molecule has 0 atom stereocenters. The minimum absolute atomic E-state index is 0.199. The number of benzene rings is 3. The molecule has 0 unspecified atom stereocenters. The van der Waals surface area contributed by atoms with Crippen LogP contribution in [0.5, 0.6) is 0 Å². The van der Waals surface area contributed by atoms with Gasteiger partial charge >= 0.3 is 5.97 Å². The van der Waals surface area contributed by atoms with E-state index in [9.17, 15) is 9.90 Å². The van der Waals surface area contributed by atoms with Crippen molar-refractivity contribution in [2.75, 3.05) is 0 Å². The number of aryl methyl sites for hydroxylation is 2. The van der Waals surface area contributed by atoms with Gasteiger partial charge < -0.3 is 5.11 Å². The molecule has 1 heterocycles. The maximum atomic E-state index is 11.8. The zero-order valence-electron chi connectivity index (χ0n) is 14.5. The van der Waals surface area contributed by atoms with Crippen molar-refractivity contribution in [2.45, 2.75) is 6.92 Å². The van der Waals surface area contributed by atoms with Gasteiger partial charge in [0.2, 0.25) is 0 Å². The van der Waals surface area contributed by atoms with Crippen LogP contribution in [0.1, 0.15) is 15.9 Å². The summed E-state index contributed by atoms with van der Waals surface area (Å²) in [5.74, 6) is -0.990. The zero-order valence-corrected chi connectivity index (χ0v) is 14.5. The number of aromatic carboxylic acids is 1. The smallest absolute Gasteiger partial charge is 0.337 e. The van der Waals surface area contributed by atoms with Crippen LogP contribution in [0.4, 0.5) is 0 Å². The third-order valence-corrected chi connectivity index (χ3v) is 4.60. The molecule has 128 valence electrons. The van der Waals surface area contributed by atoms with Crippen LogP contribution >= 0.6 is 0 Å². The van der Waals surface area contributed by atoms with Gasteiger partial charge in [-0.3, -0.25) is 0 Å². The van der Waals surface area contributed by atoms with Gasteiger partial charge in [-0.1, -0.05) is 53.7 Å². The van der Waals surface area contributed by atoms with E-state index < -0.39 is 5.97 Å². The fraction of sp³-hybridized carbons (Fsp3) is 0.0952. The average Bonchev–Trinajstić information content (AvgIpc) is 3.02. The molecule has 5 heteroatoms. The zero-order chi connectivity index (χ0) is 18.3. The van der Waals surface area contributed by atoms with Crippen molar-refractivity contribution in [3.63, 3.8) is 0 Å². The summed E-state index contributed by atoms with van der Waals surface area (Å²) >= 11 is 0. The second kappa shape index (κ2) is 6.11. The standard InChI is InChI=1S/C21H17N3O2/c1-13-7-3-4-8-15(13)17-10-6-5-9-16(17)14-11-18(21(25)26)20-19(12-14)22-23-24(20)2/h3-12H,1-2H3,(H,25,26). The molecule has 5 nitrogen and oxygen atoms in total. The third kappa shape index (κ3) is 2.54. The monoisotopic (exact) mass is 343 g/mol. The lowest BCUT2D eigenvalue weighted by molar-refractivity contribution is 0.0698. The first-order valence-electron chi connectivity index (χ1n) is 8.28. The first-order valence-corrected chi connectivity index (χ1v) is 8.28. The molecule has 3 aromatic carbocycles. The van der Waals surface area contributed by atoms with E-state index in [0.29, 0.717) is 11.0 Å². The van der Waals surface area contributed by atoms with E-state index in [1.807, 2.05) is 36.4 Å². The lowest BCUT2D eigenvalue weighted by atomic mass is 9.91. The number of aromatic nitrogens is 3. The van der Waals surface area contributed by atoms with Crippen LogP contribution in [0.2, 0.25) is 0 Å². The van der Waals surface area contributed by atoms with Gasteiger partial charge in [0.25, 0.3) is 0 Å². The van der Waals surface area contributed by atoms with Crippen LogP contribution in [0.15, 0.2) is 60.7 Å². The molecule has 26 heavy (non-hydrogen) atoms. The molecule has 0 saturated heterocycles. The molecule has 0 aliphatic carbocycles. The van der Waals surface area contributed by atoms with Crippen molar-refractivity contribution < 1.29 is 9.90 Å². The van der Waals surface area contributed by atoms with Crippen molar-refractivity contribution in [3.05, 3.63) is 71.8 Å². The van der Waals surface area contributed by atoms with Gasteiger partial charge in [0.15, 0.2) is 0 Å². The summed E-state index contributed by atoms with van der Waals surface area (Å²) in [6.45, 7) is 2.07. The number of fused-ring (bicyclic) bond motifs is 1. The summed E-state index contributed by atoms with van der Waals surface area (Å²) in [6.07, 6.45) is 0. The van der Waals surface area contributed by atoms with Gasteiger partial charge in [-0.15, -0.1) is 5.10 Å². The van der Waals surface area contributed by atoms with Gasteiger partial charge in [-0.25, -0.2) is 9.48 Å². The second-order valence-electron chi connectivity index (χ2n) is 6.27. The predicted molar refractivity (Wildman–Crippen MR) is 101 cm³/mol. The average molecular weight is 343 g/mol. The molecule has 0 saturated carbocycles. The molecule has 1 aromatic heterocycles. The fourth-order valence-electron chi connectivity index (χ4n) is 3.36. The maximum absolute atomic E-state index is 11.8. The summed E-state index contributed by atoms with van der Waals surface area (Å²) in [6, 6.07) is 19.8. The molecule has 0 aliphatic heterocycles. The first kappa shape index (κ1) is 16.0. The number of carboxylic acid groups (broad SMARTS) is 1. The van der Waals surface area contributed by atoms with E-state index in [-0.39, 0.29) is 5.56 Å². The SMILES string of the molecule is Cc1ccccc1-c1ccccc1-c1cc(C(=O)O)c2c(c1)nnn2C. The number of hydrogen-bond donors (Lipinski definition) is 1. The van der Waals surface area contributed by atoms with E-state index in [0.717, 1.165) is 22.3 Å². The van der Waals surface area contributed by atoms with Crippen LogP contribution in [0, 0.1) is 6.92 Å². The highest BCUT2D eigenvalue weighted by Crippen LogP contribution is 2.35. The molecule has 0 amide bonds. The largest absolute Gasteiger partial charge is 0.478 e. The predicted octanol–water partition coefficient (Wildman–Crippen LogP) is 4.31. The lowest BCUT2D eigenvalue weighted by Gasteiger charge is -2.13. The van der Waals surface area contributed by atoms with Crippen molar-refractivity contribution in [2.24, 2.45) is 7.05 Å².